The number of amides is 6. The minimum Gasteiger partial charge on any atom is -0.480 e. The number of nitrogens with one attached hydrogen (secondary N) is 3. The second-order valence-corrected chi connectivity index (χ2v) is 14.5. The zero-order chi connectivity index (χ0) is 50.5. The quantitative estimate of drug-likeness (QED) is 0.0354. The number of carbonyl (C=O) groups is 12. The number of carboxylic acid groups (broad SMARTS) is 6. The molecule has 0 bridgehead atoms. The third-order valence-electron chi connectivity index (χ3n) is 9.08. The highest BCUT2D eigenvalue weighted by Crippen LogP contribution is 2.12. The molecule has 0 spiro atoms. The molecule has 0 saturated carbocycles. The minimum atomic E-state index is -1.58. The number of carbonyl (C=O) groups excluding carboxylic acids is 6. The van der Waals surface area contributed by atoms with Gasteiger partial charge in [0.25, 0.3) is 0 Å². The van der Waals surface area contributed by atoms with Crippen molar-refractivity contribution in [3.8, 4) is 0 Å². The zero-order valence-corrected chi connectivity index (χ0v) is 34.9. The normalized spacial score (nSPS) is 19.4. The summed E-state index contributed by atoms with van der Waals surface area (Å²) < 4.78 is 4.75. The third kappa shape index (κ3) is 20.7. The summed E-state index contributed by atoms with van der Waals surface area (Å²) in [6.07, 6.45) is -4.12. The number of aliphatic carboxylic acids is 6. The maximum Gasteiger partial charge on any atom is 0.341 e. The summed E-state index contributed by atoms with van der Waals surface area (Å²) in [5.41, 5.74) is 22.2. The molecule has 0 aromatic carbocycles. The molecule has 0 aliphatic carbocycles. The van der Waals surface area contributed by atoms with Crippen LogP contribution in [0, 0.1) is 0 Å². The van der Waals surface area contributed by atoms with Crippen molar-refractivity contribution in [3.05, 3.63) is 0 Å². The van der Waals surface area contributed by atoms with E-state index in [9.17, 15) is 57.5 Å². The molecular formula is C33H56N12O19. The largest absolute Gasteiger partial charge is 0.480 e. The van der Waals surface area contributed by atoms with Gasteiger partial charge in [-0.2, -0.15) is 0 Å². The highest BCUT2D eigenvalue weighted by molar-refractivity contribution is 6.00. The van der Waals surface area contributed by atoms with Crippen molar-refractivity contribution in [1.82, 2.24) is 45.3 Å². The first-order valence-corrected chi connectivity index (χ1v) is 18.6. The Morgan fingerprint density at radius 1 is 0.641 bits per heavy atom. The van der Waals surface area contributed by atoms with Crippen molar-refractivity contribution >= 4 is 71.3 Å². The smallest absolute Gasteiger partial charge is 0.341 e. The Morgan fingerprint density at radius 3 is 1.39 bits per heavy atom. The fourth-order valence-corrected chi connectivity index (χ4v) is 6.49. The molecule has 3 rings (SSSR count). The van der Waals surface area contributed by atoms with Gasteiger partial charge in [0, 0.05) is 37.8 Å². The van der Waals surface area contributed by atoms with E-state index in [1.165, 1.54) is 21.6 Å². The SMILES string of the molecule is C[C@@H](CN(CC(N)=O)CC(=O)O)N(CC(=O)O)C(N)C(=O)O.C[C@@H](CN1CC(=O)NC(=O)C1)N(CC(=O)O)C(N)C(=O)O.C[C@@H](CN1CC(=O)NC(=O)C1)N1CC(=O)NC1C(=O)O.[2H]O. The Kier molecular flexibility index (Phi) is 23.5. The lowest BCUT2D eigenvalue weighted by atomic mass is 10.2. The highest BCUT2D eigenvalue weighted by atomic mass is 16.4. The van der Waals surface area contributed by atoms with Crippen LogP contribution in [-0.2, 0) is 57.5 Å². The molecule has 3 unspecified atom stereocenters. The average molecular weight is 926 g/mol. The van der Waals surface area contributed by atoms with Gasteiger partial charge < -0.3 is 58.6 Å². The molecule has 64 heavy (non-hydrogen) atoms. The summed E-state index contributed by atoms with van der Waals surface area (Å²) in [6.45, 7) is 3.27. The summed E-state index contributed by atoms with van der Waals surface area (Å²) in [5.74, 6) is -10.4. The second kappa shape index (κ2) is 27.0. The van der Waals surface area contributed by atoms with E-state index in [2.05, 4.69) is 16.0 Å². The van der Waals surface area contributed by atoms with Crippen molar-refractivity contribution in [2.24, 2.45) is 17.2 Å². The van der Waals surface area contributed by atoms with Crippen molar-refractivity contribution in [2.75, 3.05) is 78.5 Å². The third-order valence-corrected chi connectivity index (χ3v) is 9.08. The number of nitrogens with two attached hydrogens (primary N) is 3. The maximum absolute atomic E-state index is 11.3. The molecule has 3 saturated heterocycles. The van der Waals surface area contributed by atoms with Gasteiger partial charge in [0.1, 0.15) is 0 Å². The molecule has 3 aliphatic rings. The van der Waals surface area contributed by atoms with Gasteiger partial charge in [0.05, 0.1) is 58.9 Å². The molecule has 3 fully saturated rings. The first-order valence-electron chi connectivity index (χ1n) is 19.1. The lowest BCUT2D eigenvalue weighted by molar-refractivity contribution is -0.149. The predicted molar refractivity (Wildman–Crippen MR) is 211 cm³/mol. The summed E-state index contributed by atoms with van der Waals surface area (Å²) in [5, 5.41) is 60.0. The highest BCUT2D eigenvalue weighted by Gasteiger charge is 2.39. The lowest BCUT2D eigenvalue weighted by Gasteiger charge is -2.35. The monoisotopic (exact) mass is 925 g/mol. The van der Waals surface area contributed by atoms with Gasteiger partial charge in [-0.05, 0) is 20.8 Å². The Hall–Kier alpha value is -6.32. The molecule has 0 radical (unpaired) electrons. The Balaban J connectivity index is 0.000000927. The van der Waals surface area contributed by atoms with Gasteiger partial charge in [-0.3, -0.25) is 83.2 Å². The fraction of sp³-hybridized carbons (Fsp3) is 0.636. The van der Waals surface area contributed by atoms with Crippen molar-refractivity contribution in [1.29, 1.82) is 0 Å². The molecule has 31 nitrogen and oxygen atoms in total. The van der Waals surface area contributed by atoms with E-state index in [0.717, 1.165) is 9.80 Å². The molecule has 6 amide bonds. The van der Waals surface area contributed by atoms with Gasteiger partial charge in [-0.15, -0.1) is 0 Å². The van der Waals surface area contributed by atoms with Crippen LogP contribution >= 0.6 is 0 Å². The summed E-state index contributed by atoms with van der Waals surface area (Å²) >= 11 is 0. The summed E-state index contributed by atoms with van der Waals surface area (Å²) in [7, 11) is 0. The molecule has 0 aromatic heterocycles. The average Bonchev–Trinajstić information content (AvgIpc) is 3.57. The van der Waals surface area contributed by atoms with Gasteiger partial charge in [0.2, 0.25) is 36.9 Å². The fourth-order valence-electron chi connectivity index (χ4n) is 6.49. The van der Waals surface area contributed by atoms with Crippen molar-refractivity contribution in [2.45, 2.75) is 57.4 Å². The number of rotatable bonds is 22. The Bertz CT molecular complexity index is 1710. The topological polar surface area (TPSA) is 491 Å². The van der Waals surface area contributed by atoms with E-state index in [1.54, 1.807) is 18.7 Å². The van der Waals surface area contributed by atoms with Crippen molar-refractivity contribution in [3.63, 3.8) is 0 Å². The van der Waals surface area contributed by atoms with E-state index >= 15 is 0 Å². The first-order chi connectivity index (χ1) is 30.1. The van der Waals surface area contributed by atoms with E-state index in [1.807, 2.05) is 0 Å². The van der Waals surface area contributed by atoms with Crippen LogP contribution in [0.3, 0.4) is 0 Å². The number of primary amides is 1. The van der Waals surface area contributed by atoms with E-state index in [4.69, 9.17) is 54.7 Å². The van der Waals surface area contributed by atoms with E-state index < -0.39 is 104 Å². The van der Waals surface area contributed by atoms with Crippen LogP contribution in [0.1, 0.15) is 22.2 Å². The van der Waals surface area contributed by atoms with Gasteiger partial charge in [0.15, 0.2) is 18.5 Å². The van der Waals surface area contributed by atoms with Gasteiger partial charge in [-0.1, -0.05) is 0 Å². The number of hydrogen-bond donors (Lipinski definition) is 12. The number of imide groups is 2. The number of nitrogens with zero attached hydrogens (tertiary/aromatic N) is 6. The first kappa shape index (κ1) is 55.7. The molecule has 3 aliphatic heterocycles. The summed E-state index contributed by atoms with van der Waals surface area (Å²) in [6, 6.07) is -1.58. The number of hydrogen-bond acceptors (Lipinski definition) is 20. The standard InChI is InChI=1S/C11H20N4O7.C11H18N4O6.C11H16N4O5.H2O/c1-6(2-14(3-7(12)16)4-8(17)18)15(5-9(19)20)10(13)11(21)22;1-6(2-14-3-7(16)13-8(17)4-14)15(5-9(18)19)10(12)11(20)21;1-6(2-14-3-7(16)12-8(17)4-14)15-5-9(18)13-10(15)11(19)20;/h6,10H,2-5,13H2,1H3,(H2,12,16)(H,17,18)(H,19,20)(H,21,22);6,10H,2-5,12H2,1H3,(H,18,19)(H,20,21)(H,13,16,17);6,10H,2-5H2,1H3,(H,13,18)(H,19,20)(H,12,16,17);1H2/t3*6-,10?;/m000./s1/i/hD. The second-order valence-electron chi connectivity index (χ2n) is 14.5. The number of piperazine rings is 2. The van der Waals surface area contributed by atoms with Crippen LogP contribution in [0.2, 0.25) is 0 Å². The van der Waals surface area contributed by atoms with E-state index in [0.29, 0.717) is 6.54 Å². The van der Waals surface area contributed by atoms with Gasteiger partial charge >= 0.3 is 35.8 Å². The molecule has 6 atom stereocenters. The predicted octanol–water partition coefficient (Wildman–Crippen LogP) is -9.56. The molecule has 17 N–H and O–H groups in total. The molecule has 362 valence electrons. The Morgan fingerprint density at radius 2 is 1.03 bits per heavy atom. The van der Waals surface area contributed by atoms with Crippen LogP contribution in [-0.4, -0.2) is 252 Å². The molecule has 3 heterocycles. The maximum atomic E-state index is 11.3. The number of carboxylic acids is 6. The van der Waals surface area contributed by atoms with Gasteiger partial charge in [-0.25, -0.2) is 14.4 Å². The Labute approximate surface area is 364 Å². The molecular weight excluding hydrogens is 868 g/mol. The molecule has 0 aromatic rings. The zero-order valence-electron chi connectivity index (χ0n) is 35.9. The van der Waals surface area contributed by atoms with E-state index in [-0.39, 0.29) is 76.1 Å². The van der Waals surface area contributed by atoms with Crippen LogP contribution in [0.25, 0.3) is 0 Å². The van der Waals surface area contributed by atoms with Crippen LogP contribution < -0.4 is 33.2 Å². The van der Waals surface area contributed by atoms with Crippen LogP contribution in [0.5, 0.6) is 0 Å². The van der Waals surface area contributed by atoms with Crippen LogP contribution in [0.4, 0.5) is 0 Å². The lowest BCUT2D eigenvalue weighted by Crippen LogP contribution is -2.59. The summed E-state index contributed by atoms with van der Waals surface area (Å²) in [4.78, 5) is 140. The minimum absolute atomic E-state index is 0.00782. The van der Waals surface area contributed by atoms with Crippen LogP contribution in [0.15, 0.2) is 0 Å². The van der Waals surface area contributed by atoms with Crippen molar-refractivity contribution < 1.29 is 95.1 Å². The molecule has 31 heteroatoms.